The fourth-order valence-corrected chi connectivity index (χ4v) is 1.91. The molecule has 0 spiro atoms. The molecule has 2 aromatic rings. The minimum Gasteiger partial charge on any atom is -0.491 e. The molecule has 0 aliphatic carbocycles. The number of carboxylic acid groups (broad SMARTS) is 1. The van der Waals surface area contributed by atoms with E-state index in [4.69, 9.17) is 4.74 Å². The number of aliphatic hydroxyl groups excluding tert-OH is 1. The van der Waals surface area contributed by atoms with Crippen molar-refractivity contribution in [2.45, 2.75) is 18.6 Å². The highest BCUT2D eigenvalue weighted by Gasteiger charge is 2.19. The van der Waals surface area contributed by atoms with Crippen molar-refractivity contribution in [3.63, 3.8) is 0 Å². The summed E-state index contributed by atoms with van der Waals surface area (Å²) in [5.41, 5.74) is 0.718. The monoisotopic (exact) mass is 305 g/mol. The predicted octanol–water partition coefficient (Wildman–Crippen LogP) is 0.435. The van der Waals surface area contributed by atoms with E-state index in [2.05, 4.69) is 15.3 Å². The number of aromatic amines is 1. The van der Waals surface area contributed by atoms with E-state index >= 15 is 0 Å². The van der Waals surface area contributed by atoms with Gasteiger partial charge in [-0.3, -0.25) is 4.79 Å². The molecular formula is C15H19N3O4. The van der Waals surface area contributed by atoms with Crippen LogP contribution in [0.4, 0.5) is 0 Å². The third-order valence-corrected chi connectivity index (χ3v) is 3.06. The van der Waals surface area contributed by atoms with E-state index < -0.39 is 18.1 Å². The van der Waals surface area contributed by atoms with Gasteiger partial charge in [-0.05, 0) is 12.1 Å². The van der Waals surface area contributed by atoms with Crippen LogP contribution < -0.4 is 10.1 Å². The van der Waals surface area contributed by atoms with Gasteiger partial charge in [-0.2, -0.15) is 0 Å². The van der Waals surface area contributed by atoms with Crippen LogP contribution in [-0.4, -0.2) is 51.4 Å². The zero-order chi connectivity index (χ0) is 15.8. The van der Waals surface area contributed by atoms with Gasteiger partial charge in [0.25, 0.3) is 0 Å². The summed E-state index contributed by atoms with van der Waals surface area (Å²) in [5.74, 6) is -0.320. The first kappa shape index (κ1) is 16.0. The molecular weight excluding hydrogens is 286 g/mol. The molecule has 0 saturated heterocycles. The summed E-state index contributed by atoms with van der Waals surface area (Å²) in [6.07, 6.45) is 2.54. The molecule has 118 valence electrons. The Labute approximate surface area is 128 Å². The van der Waals surface area contributed by atoms with Crippen LogP contribution in [0.5, 0.6) is 5.75 Å². The molecule has 0 aliphatic rings. The Kier molecular flexibility index (Phi) is 5.93. The van der Waals surface area contributed by atoms with Gasteiger partial charge in [0.1, 0.15) is 24.5 Å². The Morgan fingerprint density at radius 2 is 2.14 bits per heavy atom. The molecule has 7 nitrogen and oxygen atoms in total. The van der Waals surface area contributed by atoms with Gasteiger partial charge < -0.3 is 25.3 Å². The van der Waals surface area contributed by atoms with E-state index in [-0.39, 0.29) is 19.6 Å². The number of benzene rings is 1. The number of rotatable bonds is 9. The number of carbonyl (C=O) groups is 1. The van der Waals surface area contributed by atoms with Gasteiger partial charge in [0.15, 0.2) is 0 Å². The van der Waals surface area contributed by atoms with Gasteiger partial charge >= 0.3 is 5.97 Å². The first-order valence-electron chi connectivity index (χ1n) is 6.94. The van der Waals surface area contributed by atoms with E-state index in [0.717, 1.165) is 5.69 Å². The van der Waals surface area contributed by atoms with Crippen molar-refractivity contribution in [2.75, 3.05) is 13.2 Å². The molecule has 0 aliphatic heterocycles. The third-order valence-electron chi connectivity index (χ3n) is 3.06. The lowest BCUT2D eigenvalue weighted by molar-refractivity contribution is -0.139. The van der Waals surface area contributed by atoms with Crippen molar-refractivity contribution in [3.05, 3.63) is 48.5 Å². The molecule has 1 aromatic heterocycles. The highest BCUT2D eigenvalue weighted by atomic mass is 16.5. The minimum atomic E-state index is -0.981. The second kappa shape index (κ2) is 8.16. The number of ether oxygens (including phenoxy) is 1. The lowest BCUT2D eigenvalue weighted by atomic mass is 10.1. The highest BCUT2D eigenvalue weighted by molar-refractivity contribution is 5.73. The molecule has 0 bridgehead atoms. The van der Waals surface area contributed by atoms with Crippen molar-refractivity contribution in [3.8, 4) is 5.75 Å². The van der Waals surface area contributed by atoms with Crippen LogP contribution >= 0.6 is 0 Å². The second-order valence-corrected chi connectivity index (χ2v) is 4.86. The summed E-state index contributed by atoms with van der Waals surface area (Å²) in [7, 11) is 0. The first-order valence-corrected chi connectivity index (χ1v) is 6.94. The van der Waals surface area contributed by atoms with Crippen LogP contribution in [0.1, 0.15) is 5.69 Å². The molecule has 0 amide bonds. The van der Waals surface area contributed by atoms with Crippen LogP contribution in [0.25, 0.3) is 0 Å². The zero-order valence-corrected chi connectivity index (χ0v) is 12.0. The highest BCUT2D eigenvalue weighted by Crippen LogP contribution is 2.08. The summed E-state index contributed by atoms with van der Waals surface area (Å²) in [4.78, 5) is 17.9. The predicted molar refractivity (Wildman–Crippen MR) is 79.7 cm³/mol. The molecule has 2 rings (SSSR count). The smallest absolute Gasteiger partial charge is 0.321 e. The fourth-order valence-electron chi connectivity index (χ4n) is 1.91. The molecule has 1 heterocycles. The Morgan fingerprint density at radius 1 is 1.36 bits per heavy atom. The molecule has 0 radical (unpaired) electrons. The topological polar surface area (TPSA) is 107 Å². The summed E-state index contributed by atoms with van der Waals surface area (Å²) < 4.78 is 5.41. The van der Waals surface area contributed by atoms with Crippen molar-refractivity contribution in [1.29, 1.82) is 0 Å². The standard InChI is InChI=1S/C15H19N3O4/c19-12(9-22-13-4-2-1-3-5-13)8-17-14(15(20)21)6-11-7-16-10-18-11/h1-5,7,10,12,14,17,19H,6,8-9H2,(H,16,18)(H,20,21)/t12-,14+/m0/s1. The van der Waals surface area contributed by atoms with Crippen LogP contribution in [0, 0.1) is 0 Å². The van der Waals surface area contributed by atoms with Crippen molar-refractivity contribution >= 4 is 5.97 Å². The largest absolute Gasteiger partial charge is 0.491 e. The lowest BCUT2D eigenvalue weighted by Gasteiger charge is -2.17. The SMILES string of the molecule is O=C(O)[C@@H](Cc1cnc[nH]1)NC[C@H](O)COc1ccccc1. The average Bonchev–Trinajstić information content (AvgIpc) is 3.03. The van der Waals surface area contributed by atoms with Gasteiger partial charge in [-0.1, -0.05) is 18.2 Å². The average molecular weight is 305 g/mol. The number of imidazole rings is 1. The maximum atomic E-state index is 11.2. The van der Waals surface area contributed by atoms with Crippen LogP contribution in [-0.2, 0) is 11.2 Å². The number of carboxylic acids is 1. The number of nitrogens with zero attached hydrogens (tertiary/aromatic N) is 1. The van der Waals surface area contributed by atoms with E-state index in [1.807, 2.05) is 18.2 Å². The fraction of sp³-hybridized carbons (Fsp3) is 0.333. The first-order chi connectivity index (χ1) is 10.6. The summed E-state index contributed by atoms with van der Waals surface area (Å²) in [6.45, 7) is 0.214. The summed E-state index contributed by atoms with van der Waals surface area (Å²) in [5, 5.41) is 21.9. The maximum Gasteiger partial charge on any atom is 0.321 e. The Hall–Kier alpha value is -2.38. The van der Waals surface area contributed by atoms with Crippen LogP contribution in [0.15, 0.2) is 42.9 Å². The number of aromatic nitrogens is 2. The van der Waals surface area contributed by atoms with Crippen LogP contribution in [0.2, 0.25) is 0 Å². The van der Waals surface area contributed by atoms with Gasteiger partial charge in [0.2, 0.25) is 0 Å². The van der Waals surface area contributed by atoms with Crippen molar-refractivity contribution in [2.24, 2.45) is 0 Å². The molecule has 0 unspecified atom stereocenters. The van der Waals surface area contributed by atoms with Gasteiger partial charge in [0, 0.05) is 24.9 Å². The van der Waals surface area contributed by atoms with Crippen molar-refractivity contribution in [1.82, 2.24) is 15.3 Å². The van der Waals surface area contributed by atoms with E-state index in [1.165, 1.54) is 6.33 Å². The summed E-state index contributed by atoms with van der Waals surface area (Å²) in [6, 6.07) is 8.33. The zero-order valence-electron chi connectivity index (χ0n) is 12.0. The normalized spacial score (nSPS) is 13.5. The third kappa shape index (κ3) is 5.19. The quantitative estimate of drug-likeness (QED) is 0.535. The molecule has 0 fully saturated rings. The molecule has 22 heavy (non-hydrogen) atoms. The van der Waals surface area contributed by atoms with Crippen molar-refractivity contribution < 1.29 is 19.7 Å². The second-order valence-electron chi connectivity index (χ2n) is 4.86. The van der Waals surface area contributed by atoms with Gasteiger partial charge in [-0.15, -0.1) is 0 Å². The number of hydrogen-bond acceptors (Lipinski definition) is 5. The number of H-pyrrole nitrogens is 1. The minimum absolute atomic E-state index is 0.0907. The molecule has 2 atom stereocenters. The summed E-state index contributed by atoms with van der Waals surface area (Å²) >= 11 is 0. The van der Waals surface area contributed by atoms with E-state index in [9.17, 15) is 15.0 Å². The Bertz CT molecular complexity index is 559. The van der Waals surface area contributed by atoms with E-state index in [0.29, 0.717) is 5.75 Å². The van der Waals surface area contributed by atoms with Gasteiger partial charge in [0.05, 0.1) is 6.33 Å². The number of para-hydroxylation sites is 1. The van der Waals surface area contributed by atoms with Gasteiger partial charge in [-0.25, -0.2) is 4.98 Å². The Morgan fingerprint density at radius 3 is 2.77 bits per heavy atom. The number of aliphatic carboxylic acids is 1. The van der Waals surface area contributed by atoms with E-state index in [1.54, 1.807) is 18.3 Å². The maximum absolute atomic E-state index is 11.2. The molecule has 1 aromatic carbocycles. The Balaban J connectivity index is 1.75. The molecule has 0 saturated carbocycles. The molecule has 7 heteroatoms. The number of hydrogen-bond donors (Lipinski definition) is 4. The number of aliphatic hydroxyl groups is 1. The molecule has 4 N–H and O–H groups in total. The van der Waals surface area contributed by atoms with Crippen LogP contribution in [0.3, 0.4) is 0 Å². The number of nitrogens with one attached hydrogen (secondary N) is 2. The lowest BCUT2D eigenvalue weighted by Crippen LogP contribution is -2.43.